The summed E-state index contributed by atoms with van der Waals surface area (Å²) in [7, 11) is 5.48. The molecule has 8 nitrogen and oxygen atoms in total. The molecule has 2 atom stereocenters. The molecule has 0 amide bonds. The van der Waals surface area contributed by atoms with E-state index in [1.54, 1.807) is 0 Å². The number of ether oxygens (including phenoxy) is 3. The zero-order valence-electron chi connectivity index (χ0n) is 32.8. The fraction of sp³-hybridized carbons (Fsp3) is 0.651. The standard InChI is InChI=1S/C43H71NO7/c1-6-8-10-12-14-15-16-17-18-19-20-21-22-23-24-25-26-28-29-31-33-41(45)50-38-39(37-49-36-35-40(43(47)48)44(3,4)5)51-42(46)34-32-30-27-13-11-9-7-2/h8,10,14-15,17-18,20-21,23-24,27,30,39-40H,6-7,9,11-13,16,19,22,25-26,28-29,31-38H2,1-5H3/p+1/b10-8+,15-14+,18-17+,21-20+,24-23+,30-27+. The molecule has 0 aromatic carbocycles. The summed E-state index contributed by atoms with van der Waals surface area (Å²) >= 11 is 0. The molecule has 0 aliphatic heterocycles. The molecular formula is C43H72NO7+. The molecule has 290 valence electrons. The molecule has 0 radical (unpaired) electrons. The first-order chi connectivity index (χ1) is 24.6. The molecule has 0 saturated heterocycles. The molecule has 0 aliphatic rings. The number of likely N-dealkylation sites (N-methyl/N-ethyl adjacent to an activating group) is 1. The summed E-state index contributed by atoms with van der Waals surface area (Å²) in [4.78, 5) is 36.6. The van der Waals surface area contributed by atoms with Gasteiger partial charge in [0.05, 0.1) is 34.4 Å². The van der Waals surface area contributed by atoms with Gasteiger partial charge in [0.2, 0.25) is 0 Å². The van der Waals surface area contributed by atoms with Crippen molar-refractivity contribution in [1.29, 1.82) is 0 Å². The maximum absolute atomic E-state index is 12.5. The molecule has 0 spiro atoms. The van der Waals surface area contributed by atoms with E-state index >= 15 is 0 Å². The number of quaternary nitrogens is 1. The number of rotatable bonds is 33. The van der Waals surface area contributed by atoms with Crippen molar-refractivity contribution in [2.45, 2.75) is 142 Å². The first kappa shape index (κ1) is 47.8. The Labute approximate surface area is 311 Å². The van der Waals surface area contributed by atoms with Gasteiger partial charge in [-0.2, -0.15) is 0 Å². The highest BCUT2D eigenvalue weighted by molar-refractivity contribution is 5.72. The van der Waals surface area contributed by atoms with Crippen LogP contribution >= 0.6 is 0 Å². The van der Waals surface area contributed by atoms with Gasteiger partial charge in [0.1, 0.15) is 6.61 Å². The Morgan fingerprint density at radius 3 is 1.71 bits per heavy atom. The minimum atomic E-state index is -0.889. The second kappa shape index (κ2) is 33.9. The third-order valence-corrected chi connectivity index (χ3v) is 8.10. The molecule has 0 rings (SSSR count). The first-order valence-electron chi connectivity index (χ1n) is 19.5. The average Bonchev–Trinajstić information content (AvgIpc) is 3.08. The second-order valence-corrected chi connectivity index (χ2v) is 13.8. The van der Waals surface area contributed by atoms with Gasteiger partial charge >= 0.3 is 17.9 Å². The lowest BCUT2D eigenvalue weighted by atomic mass is 10.1. The van der Waals surface area contributed by atoms with Crippen LogP contribution in [-0.4, -0.2) is 80.6 Å². The summed E-state index contributed by atoms with van der Waals surface area (Å²) in [5, 5.41) is 9.56. The Balaban J connectivity index is 4.36. The molecule has 0 heterocycles. The van der Waals surface area contributed by atoms with E-state index in [2.05, 4.69) is 80.7 Å². The predicted molar refractivity (Wildman–Crippen MR) is 210 cm³/mol. The van der Waals surface area contributed by atoms with Crippen LogP contribution in [-0.2, 0) is 28.6 Å². The van der Waals surface area contributed by atoms with Gasteiger partial charge in [-0.05, 0) is 70.6 Å². The number of unbranched alkanes of at least 4 members (excludes halogenated alkanes) is 7. The fourth-order valence-electron chi connectivity index (χ4n) is 5.07. The highest BCUT2D eigenvalue weighted by atomic mass is 16.6. The number of carbonyl (C=O) groups is 3. The summed E-state index contributed by atoms with van der Waals surface area (Å²) in [6.45, 7) is 4.45. The van der Waals surface area contributed by atoms with Crippen molar-refractivity contribution >= 4 is 17.9 Å². The lowest BCUT2D eigenvalue weighted by molar-refractivity contribution is -0.887. The van der Waals surface area contributed by atoms with Crippen LogP contribution < -0.4 is 0 Å². The number of allylic oxidation sites excluding steroid dienone is 12. The van der Waals surface area contributed by atoms with Crippen LogP contribution in [0.15, 0.2) is 72.9 Å². The molecule has 0 aromatic rings. The van der Waals surface area contributed by atoms with Gasteiger partial charge in [0, 0.05) is 19.3 Å². The molecule has 0 bridgehead atoms. The average molecular weight is 715 g/mol. The van der Waals surface area contributed by atoms with Gasteiger partial charge in [-0.25, -0.2) is 4.79 Å². The quantitative estimate of drug-likeness (QED) is 0.0313. The summed E-state index contributed by atoms with van der Waals surface area (Å²) in [6, 6.07) is -0.625. The van der Waals surface area contributed by atoms with Crippen molar-refractivity contribution in [3.8, 4) is 0 Å². The summed E-state index contributed by atoms with van der Waals surface area (Å²) in [6.07, 6.45) is 41.2. The van der Waals surface area contributed by atoms with E-state index in [1.807, 2.05) is 27.2 Å². The fourth-order valence-corrected chi connectivity index (χ4v) is 5.07. The van der Waals surface area contributed by atoms with Crippen LogP contribution in [0.5, 0.6) is 0 Å². The van der Waals surface area contributed by atoms with Crippen LogP contribution in [0.25, 0.3) is 0 Å². The van der Waals surface area contributed by atoms with Crippen LogP contribution in [0.2, 0.25) is 0 Å². The molecule has 0 aliphatic carbocycles. The molecule has 0 aromatic heterocycles. The normalized spacial score (nSPS) is 13.8. The summed E-state index contributed by atoms with van der Waals surface area (Å²) in [5.74, 6) is -1.58. The molecular weight excluding hydrogens is 642 g/mol. The second-order valence-electron chi connectivity index (χ2n) is 13.8. The topological polar surface area (TPSA) is 99.1 Å². The van der Waals surface area contributed by atoms with E-state index in [0.29, 0.717) is 19.3 Å². The zero-order valence-corrected chi connectivity index (χ0v) is 32.8. The van der Waals surface area contributed by atoms with E-state index in [9.17, 15) is 19.5 Å². The van der Waals surface area contributed by atoms with E-state index in [0.717, 1.165) is 77.0 Å². The largest absolute Gasteiger partial charge is 0.477 e. The Morgan fingerprint density at radius 1 is 0.608 bits per heavy atom. The SMILES string of the molecule is CC/C=C/C/C=C/C/C=C/C/C=C/C/C=C/CCCCCCC(=O)OCC(COCCC(C(=O)O)[N+](C)(C)C)OC(=O)CC/C=C/CCCCC. The third kappa shape index (κ3) is 32.4. The maximum Gasteiger partial charge on any atom is 0.362 e. The van der Waals surface area contributed by atoms with Crippen LogP contribution in [0.4, 0.5) is 0 Å². The number of hydrogen-bond donors (Lipinski definition) is 1. The van der Waals surface area contributed by atoms with Crippen LogP contribution in [0, 0.1) is 0 Å². The monoisotopic (exact) mass is 715 g/mol. The van der Waals surface area contributed by atoms with Crippen molar-refractivity contribution in [2.75, 3.05) is 41.0 Å². The van der Waals surface area contributed by atoms with Crippen molar-refractivity contribution in [3.05, 3.63) is 72.9 Å². The van der Waals surface area contributed by atoms with Gasteiger partial charge in [-0.3, -0.25) is 9.59 Å². The highest BCUT2D eigenvalue weighted by Crippen LogP contribution is 2.11. The lowest BCUT2D eigenvalue weighted by Crippen LogP contribution is -2.50. The van der Waals surface area contributed by atoms with E-state index in [-0.39, 0.29) is 42.7 Å². The van der Waals surface area contributed by atoms with Gasteiger partial charge in [0.25, 0.3) is 0 Å². The van der Waals surface area contributed by atoms with E-state index < -0.39 is 18.1 Å². The van der Waals surface area contributed by atoms with Gasteiger partial charge in [-0.1, -0.05) is 112 Å². The minimum Gasteiger partial charge on any atom is -0.477 e. The third-order valence-electron chi connectivity index (χ3n) is 8.10. The van der Waals surface area contributed by atoms with Gasteiger partial charge in [-0.15, -0.1) is 0 Å². The Bertz CT molecular complexity index is 1060. The van der Waals surface area contributed by atoms with Gasteiger partial charge in [0.15, 0.2) is 12.1 Å². The molecule has 2 unspecified atom stereocenters. The van der Waals surface area contributed by atoms with Crippen molar-refractivity contribution < 1.29 is 38.2 Å². The smallest absolute Gasteiger partial charge is 0.362 e. The Hall–Kier alpha value is -3.23. The molecule has 0 fully saturated rings. The molecule has 8 heteroatoms. The number of carbonyl (C=O) groups excluding carboxylic acids is 2. The van der Waals surface area contributed by atoms with E-state index in [1.165, 1.54) is 12.8 Å². The van der Waals surface area contributed by atoms with Crippen LogP contribution in [0.1, 0.15) is 129 Å². The minimum absolute atomic E-state index is 0.0329. The highest BCUT2D eigenvalue weighted by Gasteiger charge is 2.31. The number of esters is 2. The van der Waals surface area contributed by atoms with E-state index in [4.69, 9.17) is 14.2 Å². The Morgan fingerprint density at radius 2 is 1.14 bits per heavy atom. The van der Waals surface area contributed by atoms with Crippen LogP contribution in [0.3, 0.4) is 0 Å². The van der Waals surface area contributed by atoms with Crippen molar-refractivity contribution in [2.24, 2.45) is 0 Å². The summed E-state index contributed by atoms with van der Waals surface area (Å²) < 4.78 is 17.1. The molecule has 51 heavy (non-hydrogen) atoms. The number of aliphatic carboxylic acids is 1. The maximum atomic E-state index is 12.5. The molecule has 0 saturated carbocycles. The number of nitrogens with zero attached hydrogens (tertiary/aromatic N) is 1. The predicted octanol–water partition coefficient (Wildman–Crippen LogP) is 10.0. The number of carboxylic acid groups (broad SMARTS) is 1. The first-order valence-corrected chi connectivity index (χ1v) is 19.5. The molecule has 1 N–H and O–H groups in total. The summed E-state index contributed by atoms with van der Waals surface area (Å²) in [5.41, 5.74) is 0. The Kier molecular flexibility index (Phi) is 31.7. The van der Waals surface area contributed by atoms with Gasteiger partial charge < -0.3 is 23.8 Å². The zero-order chi connectivity index (χ0) is 37.8. The van der Waals surface area contributed by atoms with Crippen molar-refractivity contribution in [3.63, 3.8) is 0 Å². The van der Waals surface area contributed by atoms with Crippen molar-refractivity contribution in [1.82, 2.24) is 0 Å². The number of hydrogen-bond acceptors (Lipinski definition) is 6. The lowest BCUT2D eigenvalue weighted by Gasteiger charge is -2.31. The number of carboxylic acids is 1.